The van der Waals surface area contributed by atoms with E-state index in [1.54, 1.807) is 0 Å². The number of ether oxygens (including phenoxy) is 1. The second kappa shape index (κ2) is 2.60. The summed E-state index contributed by atoms with van der Waals surface area (Å²) in [6.07, 6.45) is -0.796. The van der Waals surface area contributed by atoms with Crippen LogP contribution < -0.4 is 0 Å². The van der Waals surface area contributed by atoms with Crippen LogP contribution in [0.3, 0.4) is 0 Å². The summed E-state index contributed by atoms with van der Waals surface area (Å²) in [5.74, 6) is -1.02. The van der Waals surface area contributed by atoms with Gasteiger partial charge in [-0.2, -0.15) is 0 Å². The van der Waals surface area contributed by atoms with Crippen LogP contribution in [0.2, 0.25) is 0 Å². The quantitative estimate of drug-likeness (QED) is 0.544. The van der Waals surface area contributed by atoms with Crippen molar-refractivity contribution < 1.29 is 29.0 Å². The highest BCUT2D eigenvalue weighted by atomic mass is 32.5. The van der Waals surface area contributed by atoms with Crippen molar-refractivity contribution in [2.24, 2.45) is 0 Å². The summed E-state index contributed by atoms with van der Waals surface area (Å²) in [6.45, 7) is 0. The van der Waals surface area contributed by atoms with Crippen molar-refractivity contribution in [3.05, 3.63) is 11.5 Å². The van der Waals surface area contributed by atoms with Crippen LogP contribution in [0.5, 0.6) is 0 Å². The molecule has 0 saturated carbocycles. The molecule has 0 amide bonds. The van der Waals surface area contributed by atoms with Crippen LogP contribution in [0.4, 0.5) is 19.4 Å². The molecule has 2 nitrogen and oxygen atoms in total. The highest BCUT2D eigenvalue weighted by molar-refractivity contribution is 8.48. The Labute approximate surface area is 71.1 Å². The fraction of sp³-hybridized carbons (Fsp3) is 0.400. The lowest BCUT2D eigenvalue weighted by atomic mass is 10.4. The Bertz CT molecular complexity index is 239. The van der Waals surface area contributed by atoms with E-state index in [2.05, 4.69) is 4.74 Å². The van der Waals surface area contributed by atoms with Crippen molar-refractivity contribution in [3.63, 3.8) is 0 Å². The predicted molar refractivity (Wildman–Crippen MR) is 38.9 cm³/mol. The van der Waals surface area contributed by atoms with Gasteiger partial charge >= 0.3 is 16.2 Å². The molecule has 0 bridgehead atoms. The van der Waals surface area contributed by atoms with Gasteiger partial charge in [-0.15, -0.1) is 0 Å². The van der Waals surface area contributed by atoms with E-state index < -0.39 is 28.0 Å². The fourth-order valence-corrected chi connectivity index (χ4v) is 0.869. The summed E-state index contributed by atoms with van der Waals surface area (Å²) >= 11 is 0. The maximum absolute atomic E-state index is 11.5. The number of hydrogen-bond donors (Lipinski definition) is 0. The first-order valence-corrected chi connectivity index (χ1v) is 4.93. The summed E-state index contributed by atoms with van der Waals surface area (Å²) in [5, 5.41) is -1.17. The third-order valence-corrected chi connectivity index (χ3v) is 1.57. The van der Waals surface area contributed by atoms with Crippen molar-refractivity contribution in [1.29, 1.82) is 0 Å². The van der Waals surface area contributed by atoms with Gasteiger partial charge in [0.15, 0.2) is 0 Å². The van der Waals surface area contributed by atoms with E-state index in [0.717, 1.165) is 7.11 Å². The number of carbonyl (C=O) groups excluding carboxylic acids is 1. The highest BCUT2D eigenvalue weighted by Crippen LogP contribution is 2.98. The van der Waals surface area contributed by atoms with Crippen molar-refractivity contribution >= 4 is 16.2 Å². The molecule has 0 unspecified atom stereocenters. The molecule has 0 spiro atoms. The van der Waals surface area contributed by atoms with E-state index in [9.17, 15) is 24.2 Å². The normalized spacial score (nSPS) is 18.0. The molecule has 0 rings (SSSR count). The van der Waals surface area contributed by atoms with Crippen LogP contribution >= 0.6 is 10.2 Å². The van der Waals surface area contributed by atoms with Gasteiger partial charge < -0.3 is 4.74 Å². The first-order chi connectivity index (χ1) is 5.43. The standard InChI is InChI=1S/C5H7F5O2S/c1-12-5(11)3-2-4-13(6,7,8,9)10/h2,4H,3H2,1H3/b4-2+. The Morgan fingerprint density at radius 3 is 2.08 bits per heavy atom. The van der Waals surface area contributed by atoms with Gasteiger partial charge in [-0.1, -0.05) is 25.5 Å². The number of carbonyl (C=O) groups is 1. The lowest BCUT2D eigenvalue weighted by molar-refractivity contribution is -0.139. The van der Waals surface area contributed by atoms with Crippen LogP contribution in [-0.2, 0) is 9.53 Å². The molecule has 0 aliphatic heterocycles. The first kappa shape index (κ1) is 12.2. The van der Waals surface area contributed by atoms with Crippen LogP contribution in [0, 0.1) is 0 Å². The Kier molecular flexibility index (Phi) is 2.44. The number of esters is 1. The fourth-order valence-electron chi connectivity index (χ4n) is 0.410. The van der Waals surface area contributed by atoms with Gasteiger partial charge in [0.25, 0.3) is 0 Å². The summed E-state index contributed by atoms with van der Waals surface area (Å²) in [5.41, 5.74) is 0. The second-order valence-electron chi connectivity index (χ2n) is 2.18. The molecule has 0 aliphatic carbocycles. The van der Waals surface area contributed by atoms with Gasteiger partial charge in [0, 0.05) is 0 Å². The first-order valence-electron chi connectivity index (χ1n) is 2.92. The lowest BCUT2D eigenvalue weighted by Crippen LogP contribution is -2.01. The maximum Gasteiger partial charge on any atom is 0.309 e. The highest BCUT2D eigenvalue weighted by Gasteiger charge is 2.60. The molecule has 0 aromatic heterocycles. The molecule has 0 aromatic carbocycles. The molecule has 0 radical (unpaired) electrons. The molecular formula is C5H7F5O2S. The van der Waals surface area contributed by atoms with E-state index in [1.807, 2.05) is 0 Å². The van der Waals surface area contributed by atoms with Crippen molar-refractivity contribution in [3.8, 4) is 0 Å². The smallest absolute Gasteiger partial charge is 0.309 e. The Hall–Kier alpha value is -0.790. The van der Waals surface area contributed by atoms with E-state index in [4.69, 9.17) is 0 Å². The minimum atomic E-state index is -9.51. The minimum absolute atomic E-state index is 0.0351. The zero-order valence-corrected chi connectivity index (χ0v) is 7.29. The zero-order valence-electron chi connectivity index (χ0n) is 6.48. The van der Waals surface area contributed by atoms with Crippen molar-refractivity contribution in [2.45, 2.75) is 6.42 Å². The van der Waals surface area contributed by atoms with Crippen LogP contribution in [0.25, 0.3) is 0 Å². The molecule has 0 fully saturated rings. The molecule has 13 heavy (non-hydrogen) atoms. The topological polar surface area (TPSA) is 26.3 Å². The van der Waals surface area contributed by atoms with Gasteiger partial charge in [0.2, 0.25) is 0 Å². The Morgan fingerprint density at radius 1 is 1.31 bits per heavy atom. The van der Waals surface area contributed by atoms with Gasteiger partial charge in [0.1, 0.15) is 0 Å². The molecule has 0 aliphatic rings. The Morgan fingerprint density at radius 2 is 1.77 bits per heavy atom. The number of rotatable bonds is 3. The zero-order chi connectivity index (χ0) is 10.8. The summed E-state index contributed by atoms with van der Waals surface area (Å²) in [6, 6.07) is 0. The number of methoxy groups -OCH3 is 1. The molecule has 0 N–H and O–H groups in total. The molecule has 0 saturated heterocycles. The van der Waals surface area contributed by atoms with Gasteiger partial charge in [-0.05, 0) is 0 Å². The van der Waals surface area contributed by atoms with Crippen LogP contribution in [0.1, 0.15) is 6.42 Å². The van der Waals surface area contributed by atoms with Gasteiger partial charge in [0.05, 0.1) is 18.9 Å². The monoisotopic (exact) mass is 226 g/mol. The van der Waals surface area contributed by atoms with E-state index in [-0.39, 0.29) is 6.08 Å². The van der Waals surface area contributed by atoms with Gasteiger partial charge in [-0.25, -0.2) is 0 Å². The second-order valence-corrected chi connectivity index (χ2v) is 4.51. The lowest BCUT2D eigenvalue weighted by Gasteiger charge is -2.36. The van der Waals surface area contributed by atoms with Crippen LogP contribution in [0.15, 0.2) is 11.5 Å². The van der Waals surface area contributed by atoms with Crippen LogP contribution in [-0.4, -0.2) is 13.1 Å². The van der Waals surface area contributed by atoms with Crippen molar-refractivity contribution in [1.82, 2.24) is 0 Å². The van der Waals surface area contributed by atoms with E-state index in [1.165, 1.54) is 0 Å². The van der Waals surface area contributed by atoms with E-state index >= 15 is 0 Å². The molecule has 0 heterocycles. The molecule has 0 aromatic rings. The van der Waals surface area contributed by atoms with Crippen molar-refractivity contribution in [2.75, 3.05) is 7.11 Å². The summed E-state index contributed by atoms with van der Waals surface area (Å²) < 4.78 is 61.6. The maximum atomic E-state index is 11.5. The third kappa shape index (κ3) is 9.12. The molecule has 8 heteroatoms. The average molecular weight is 226 g/mol. The van der Waals surface area contributed by atoms with E-state index in [0.29, 0.717) is 0 Å². The number of hydrogen-bond acceptors (Lipinski definition) is 2. The Balaban J connectivity index is 4.40. The SMILES string of the molecule is COC(=O)C/C=C/S(F)(F)(F)(F)F. The molecular weight excluding hydrogens is 219 g/mol. The molecule has 0 atom stereocenters. The number of halogens is 5. The average Bonchev–Trinajstić information content (AvgIpc) is 1.81. The summed E-state index contributed by atoms with van der Waals surface area (Å²) in [4.78, 5) is 10.2. The molecule has 80 valence electrons. The van der Waals surface area contributed by atoms with Gasteiger partial charge in [-0.3, -0.25) is 4.79 Å². The summed E-state index contributed by atoms with van der Waals surface area (Å²) in [7, 11) is -8.57. The third-order valence-electron chi connectivity index (χ3n) is 0.866. The minimum Gasteiger partial charge on any atom is -0.469 e. The predicted octanol–water partition coefficient (Wildman–Crippen LogP) is 3.36. The largest absolute Gasteiger partial charge is 0.469 e.